The van der Waals surface area contributed by atoms with E-state index in [1.807, 2.05) is 79.0 Å². The van der Waals surface area contributed by atoms with Gasteiger partial charge in [-0.05, 0) is 49.2 Å². The molecule has 0 fully saturated rings. The van der Waals surface area contributed by atoms with Crippen LogP contribution < -0.4 is 14.9 Å². The molecule has 0 spiro atoms. The van der Waals surface area contributed by atoms with E-state index in [2.05, 4.69) is 9.56 Å². The number of hydrogen-bond acceptors (Lipinski definition) is 5. The molecule has 0 N–H and O–H groups in total. The van der Waals surface area contributed by atoms with Crippen molar-refractivity contribution >= 4 is 57.5 Å². The average molecular weight is 603 g/mol. The molecule has 5 aromatic rings. The Kier molecular flexibility index (Phi) is 7.43. The minimum absolute atomic E-state index is 0.213. The maximum atomic E-state index is 14.0. The standard InChI is InChI=1S/C32H25Cl2N3O3S/c1-3-40-31(39)28-19(2)35-32-37(29(28)20-9-5-4-6-10-20)30(38)27(41-32)15-22-18-36(26-12-8-7-11-24(22)26)17-21-13-14-23(33)16-25(21)34/h4-16,18,29H,3,17H2,1-2H3/b27-15-/t29-/m0/s1. The Morgan fingerprint density at radius 3 is 2.59 bits per heavy atom. The zero-order valence-electron chi connectivity index (χ0n) is 22.3. The summed E-state index contributed by atoms with van der Waals surface area (Å²) < 4.78 is 9.63. The second-order valence-corrected chi connectivity index (χ2v) is 11.5. The van der Waals surface area contributed by atoms with Gasteiger partial charge in [-0.3, -0.25) is 9.36 Å². The normalized spacial score (nSPS) is 15.2. The van der Waals surface area contributed by atoms with Crippen LogP contribution in [-0.4, -0.2) is 21.7 Å². The van der Waals surface area contributed by atoms with E-state index < -0.39 is 12.0 Å². The molecule has 3 heterocycles. The van der Waals surface area contributed by atoms with Crippen molar-refractivity contribution in [3.05, 3.63) is 137 Å². The first kappa shape index (κ1) is 27.3. The molecule has 9 heteroatoms. The summed E-state index contributed by atoms with van der Waals surface area (Å²) in [6, 6.07) is 22.4. The third kappa shape index (κ3) is 5.05. The van der Waals surface area contributed by atoms with Crippen molar-refractivity contribution < 1.29 is 9.53 Å². The van der Waals surface area contributed by atoms with E-state index in [9.17, 15) is 9.59 Å². The third-order valence-corrected chi connectivity index (χ3v) is 8.66. The number of halogens is 2. The number of benzene rings is 3. The molecular weight excluding hydrogens is 577 g/mol. The fourth-order valence-electron chi connectivity index (χ4n) is 5.24. The highest BCUT2D eigenvalue weighted by Gasteiger charge is 2.33. The van der Waals surface area contributed by atoms with E-state index in [4.69, 9.17) is 27.9 Å². The highest BCUT2D eigenvalue weighted by molar-refractivity contribution is 7.07. The fraction of sp³-hybridized carbons (Fsp3) is 0.156. The van der Waals surface area contributed by atoms with Crippen molar-refractivity contribution in [3.8, 4) is 0 Å². The van der Waals surface area contributed by atoms with E-state index in [1.54, 1.807) is 24.5 Å². The molecule has 0 amide bonds. The summed E-state index contributed by atoms with van der Waals surface area (Å²) in [6.45, 7) is 4.32. The Bertz CT molecular complexity index is 2020. The Morgan fingerprint density at radius 1 is 1.07 bits per heavy atom. The summed E-state index contributed by atoms with van der Waals surface area (Å²) >= 11 is 13.9. The SMILES string of the molecule is CCOC(=O)C1=C(C)N=c2s/c(=C\c3cn(Cc4ccc(Cl)cc4Cl)c4ccccc34)c(=O)n2[C@H]1c1ccccc1. The minimum Gasteiger partial charge on any atom is -0.463 e. The first-order chi connectivity index (χ1) is 19.9. The smallest absolute Gasteiger partial charge is 0.338 e. The predicted octanol–water partition coefficient (Wildman–Crippen LogP) is 6.11. The van der Waals surface area contributed by atoms with E-state index in [-0.39, 0.29) is 12.2 Å². The first-order valence-corrected chi connectivity index (χ1v) is 14.7. The summed E-state index contributed by atoms with van der Waals surface area (Å²) in [6.07, 6.45) is 3.93. The number of rotatable bonds is 6. The molecule has 0 aliphatic carbocycles. The number of carbonyl (C=O) groups excluding carboxylic acids is 1. The summed E-state index contributed by atoms with van der Waals surface area (Å²) in [7, 11) is 0. The monoisotopic (exact) mass is 601 g/mol. The van der Waals surface area contributed by atoms with Crippen LogP contribution in [-0.2, 0) is 16.1 Å². The molecule has 1 aliphatic heterocycles. The molecule has 0 radical (unpaired) electrons. The number of nitrogens with zero attached hydrogens (tertiary/aromatic N) is 3. The molecule has 0 bridgehead atoms. The molecule has 41 heavy (non-hydrogen) atoms. The van der Waals surface area contributed by atoms with Crippen LogP contribution in [0.3, 0.4) is 0 Å². The van der Waals surface area contributed by atoms with Gasteiger partial charge in [0.15, 0.2) is 4.80 Å². The van der Waals surface area contributed by atoms with Crippen LogP contribution in [0.4, 0.5) is 0 Å². The summed E-state index contributed by atoms with van der Waals surface area (Å²) in [5, 5.41) is 2.19. The lowest BCUT2D eigenvalue weighted by Gasteiger charge is -2.24. The number of allylic oxidation sites excluding steroid dienone is 1. The van der Waals surface area contributed by atoms with E-state index in [0.29, 0.717) is 37.2 Å². The molecule has 206 valence electrons. The second-order valence-electron chi connectivity index (χ2n) is 9.68. The molecule has 0 saturated heterocycles. The Morgan fingerprint density at radius 2 is 1.83 bits per heavy atom. The van der Waals surface area contributed by atoms with Crippen molar-refractivity contribution in [1.29, 1.82) is 0 Å². The lowest BCUT2D eigenvalue weighted by atomic mass is 9.96. The second kappa shape index (κ2) is 11.2. The summed E-state index contributed by atoms with van der Waals surface area (Å²) in [5.41, 5.74) is 4.36. The lowest BCUT2D eigenvalue weighted by Crippen LogP contribution is -2.39. The number of carbonyl (C=O) groups is 1. The van der Waals surface area contributed by atoms with Crippen molar-refractivity contribution in [2.24, 2.45) is 4.99 Å². The van der Waals surface area contributed by atoms with Crippen LogP contribution in [0.5, 0.6) is 0 Å². The maximum absolute atomic E-state index is 14.0. The van der Waals surface area contributed by atoms with Gasteiger partial charge in [0.25, 0.3) is 5.56 Å². The zero-order chi connectivity index (χ0) is 28.7. The molecule has 1 aliphatic rings. The summed E-state index contributed by atoms with van der Waals surface area (Å²) in [5.74, 6) is -0.471. The van der Waals surface area contributed by atoms with Gasteiger partial charge in [0.05, 0.1) is 28.5 Å². The molecule has 3 aromatic carbocycles. The predicted molar refractivity (Wildman–Crippen MR) is 164 cm³/mol. The first-order valence-electron chi connectivity index (χ1n) is 13.1. The maximum Gasteiger partial charge on any atom is 0.338 e. The molecule has 0 saturated carbocycles. The molecule has 1 atom stereocenters. The van der Waals surface area contributed by atoms with Crippen LogP contribution in [0.15, 0.2) is 100 Å². The van der Waals surface area contributed by atoms with Gasteiger partial charge >= 0.3 is 5.97 Å². The van der Waals surface area contributed by atoms with Gasteiger partial charge in [0.2, 0.25) is 0 Å². The van der Waals surface area contributed by atoms with Gasteiger partial charge in [-0.15, -0.1) is 0 Å². The number of para-hydroxylation sites is 1. The van der Waals surface area contributed by atoms with E-state index in [1.165, 1.54) is 11.3 Å². The highest BCUT2D eigenvalue weighted by atomic mass is 35.5. The lowest BCUT2D eigenvalue weighted by molar-refractivity contribution is -0.139. The fourth-order valence-corrected chi connectivity index (χ4v) is 6.74. The summed E-state index contributed by atoms with van der Waals surface area (Å²) in [4.78, 5) is 32.3. The number of thiazole rings is 1. The van der Waals surface area contributed by atoms with Gasteiger partial charge in [-0.25, -0.2) is 9.79 Å². The van der Waals surface area contributed by atoms with Gasteiger partial charge in [-0.2, -0.15) is 0 Å². The van der Waals surface area contributed by atoms with Gasteiger partial charge in [-0.1, -0.05) is 89.1 Å². The largest absolute Gasteiger partial charge is 0.463 e. The molecule has 2 aromatic heterocycles. The van der Waals surface area contributed by atoms with Crippen LogP contribution in [0, 0.1) is 0 Å². The number of aromatic nitrogens is 2. The number of hydrogen-bond donors (Lipinski definition) is 0. The van der Waals surface area contributed by atoms with Crippen LogP contribution >= 0.6 is 34.5 Å². The third-order valence-electron chi connectivity index (χ3n) is 7.09. The van der Waals surface area contributed by atoms with Crippen LogP contribution in [0.1, 0.15) is 36.6 Å². The molecule has 6 rings (SSSR count). The Balaban J connectivity index is 1.51. The molecule has 0 unspecified atom stereocenters. The zero-order valence-corrected chi connectivity index (χ0v) is 24.6. The minimum atomic E-state index is -0.637. The van der Waals surface area contributed by atoms with Gasteiger partial charge in [0, 0.05) is 39.3 Å². The molecule has 6 nitrogen and oxygen atoms in total. The molecular formula is C32H25Cl2N3O3S. The number of esters is 1. The van der Waals surface area contributed by atoms with E-state index >= 15 is 0 Å². The van der Waals surface area contributed by atoms with E-state index in [0.717, 1.165) is 27.6 Å². The van der Waals surface area contributed by atoms with Gasteiger partial charge < -0.3 is 9.30 Å². The topological polar surface area (TPSA) is 65.6 Å². The Hall–Kier alpha value is -3.91. The van der Waals surface area contributed by atoms with Crippen molar-refractivity contribution in [2.45, 2.75) is 26.4 Å². The van der Waals surface area contributed by atoms with Crippen molar-refractivity contribution in [2.75, 3.05) is 6.61 Å². The quantitative estimate of drug-likeness (QED) is 0.221. The van der Waals surface area contributed by atoms with Gasteiger partial charge in [0.1, 0.15) is 0 Å². The van der Waals surface area contributed by atoms with Crippen molar-refractivity contribution in [3.63, 3.8) is 0 Å². The van der Waals surface area contributed by atoms with Crippen LogP contribution in [0.2, 0.25) is 10.0 Å². The van der Waals surface area contributed by atoms with Crippen LogP contribution in [0.25, 0.3) is 17.0 Å². The number of fused-ring (bicyclic) bond motifs is 2. The Labute approximate surface area is 250 Å². The van der Waals surface area contributed by atoms with Crippen molar-refractivity contribution in [1.82, 2.24) is 9.13 Å². The average Bonchev–Trinajstić information content (AvgIpc) is 3.46. The number of ether oxygens (including phenoxy) is 1. The highest BCUT2D eigenvalue weighted by Crippen LogP contribution is 2.31.